The van der Waals surface area contributed by atoms with Crippen LogP contribution in [0.3, 0.4) is 0 Å². The first-order chi connectivity index (χ1) is 17.3. The molecule has 4 rings (SSSR count). The number of fused-ring (bicyclic) bond motifs is 1. The Morgan fingerprint density at radius 2 is 1.94 bits per heavy atom. The standard InChI is InChI=1S/C26H25N3O7/c1-15-11-21(31)24(33)25(36-15)18(16-7-8-20(30)22(12-16)35-2)13-23(32)27-9-10-29-14-28-19-6-4-3-5-17(19)26(29)34/h3-8,11-12,14,18,30,33H,9-10,13H2,1-2H3,(H,27,32). The first kappa shape index (κ1) is 24.5. The van der Waals surface area contributed by atoms with E-state index in [0.29, 0.717) is 16.5 Å². The molecule has 0 fully saturated rings. The summed E-state index contributed by atoms with van der Waals surface area (Å²) >= 11 is 0. The van der Waals surface area contributed by atoms with Gasteiger partial charge in [-0.3, -0.25) is 19.0 Å². The minimum absolute atomic E-state index is 0.0714. The van der Waals surface area contributed by atoms with Crippen LogP contribution in [0.1, 0.15) is 29.4 Å². The van der Waals surface area contributed by atoms with Crippen molar-refractivity contribution >= 4 is 16.8 Å². The van der Waals surface area contributed by atoms with Gasteiger partial charge in [-0.1, -0.05) is 18.2 Å². The van der Waals surface area contributed by atoms with Gasteiger partial charge in [0.05, 0.1) is 30.3 Å². The predicted molar refractivity (Wildman–Crippen MR) is 132 cm³/mol. The smallest absolute Gasteiger partial charge is 0.261 e. The summed E-state index contributed by atoms with van der Waals surface area (Å²) in [5.41, 5.74) is 0.233. The number of methoxy groups -OCH3 is 1. The summed E-state index contributed by atoms with van der Waals surface area (Å²) in [6.07, 6.45) is 1.25. The first-order valence-corrected chi connectivity index (χ1v) is 11.2. The number of hydrogen-bond donors (Lipinski definition) is 3. The number of aromatic nitrogens is 2. The predicted octanol–water partition coefficient (Wildman–Crippen LogP) is 2.42. The number of benzene rings is 2. The van der Waals surface area contributed by atoms with E-state index in [2.05, 4.69) is 10.3 Å². The normalized spacial score (nSPS) is 11.8. The number of aromatic hydroxyl groups is 2. The summed E-state index contributed by atoms with van der Waals surface area (Å²) in [5, 5.41) is 23.6. The Bertz CT molecular complexity index is 1540. The zero-order valence-corrected chi connectivity index (χ0v) is 19.7. The number of carbonyl (C=O) groups is 1. The van der Waals surface area contributed by atoms with Crippen LogP contribution in [0.25, 0.3) is 10.9 Å². The van der Waals surface area contributed by atoms with Gasteiger partial charge >= 0.3 is 0 Å². The number of phenols is 1. The highest BCUT2D eigenvalue weighted by Crippen LogP contribution is 2.37. The number of phenolic OH excluding ortho intramolecular Hbond substituents is 1. The monoisotopic (exact) mass is 491 g/mol. The zero-order chi connectivity index (χ0) is 25.8. The second-order valence-electron chi connectivity index (χ2n) is 8.23. The van der Waals surface area contributed by atoms with Gasteiger partial charge in [-0.15, -0.1) is 0 Å². The molecular weight excluding hydrogens is 466 g/mol. The molecule has 2 aromatic carbocycles. The van der Waals surface area contributed by atoms with E-state index >= 15 is 0 Å². The Hall–Kier alpha value is -4.60. The van der Waals surface area contributed by atoms with Gasteiger partial charge in [-0.2, -0.15) is 0 Å². The van der Waals surface area contributed by atoms with Crippen molar-refractivity contribution < 1.29 is 24.2 Å². The number of amides is 1. The van der Waals surface area contributed by atoms with Crippen molar-refractivity contribution in [3.63, 3.8) is 0 Å². The quantitative estimate of drug-likeness (QED) is 0.341. The molecule has 0 spiro atoms. The fraction of sp³-hybridized carbons (Fsp3) is 0.231. The van der Waals surface area contributed by atoms with Crippen molar-refractivity contribution in [1.29, 1.82) is 0 Å². The van der Waals surface area contributed by atoms with Gasteiger partial charge in [-0.05, 0) is 36.8 Å². The highest BCUT2D eigenvalue weighted by molar-refractivity contribution is 5.78. The van der Waals surface area contributed by atoms with Crippen LogP contribution in [0.4, 0.5) is 0 Å². The van der Waals surface area contributed by atoms with Gasteiger partial charge in [0, 0.05) is 25.6 Å². The van der Waals surface area contributed by atoms with Gasteiger partial charge in [-0.25, -0.2) is 4.98 Å². The third-order valence-corrected chi connectivity index (χ3v) is 5.79. The van der Waals surface area contributed by atoms with Crippen LogP contribution in [0.5, 0.6) is 17.2 Å². The Kier molecular flexibility index (Phi) is 7.05. The molecule has 0 radical (unpaired) electrons. The molecular formula is C26H25N3O7. The van der Waals surface area contributed by atoms with Crippen LogP contribution in [0, 0.1) is 6.92 Å². The van der Waals surface area contributed by atoms with Gasteiger partial charge < -0.3 is 24.7 Å². The van der Waals surface area contributed by atoms with E-state index in [1.165, 1.54) is 30.1 Å². The molecule has 2 aromatic heterocycles. The minimum Gasteiger partial charge on any atom is -0.504 e. The van der Waals surface area contributed by atoms with Gasteiger partial charge in [0.25, 0.3) is 5.56 Å². The maximum Gasteiger partial charge on any atom is 0.261 e. The Labute approximate surface area is 205 Å². The molecule has 36 heavy (non-hydrogen) atoms. The van der Waals surface area contributed by atoms with E-state index in [0.717, 1.165) is 6.07 Å². The largest absolute Gasteiger partial charge is 0.504 e. The van der Waals surface area contributed by atoms with Crippen LogP contribution >= 0.6 is 0 Å². The summed E-state index contributed by atoms with van der Waals surface area (Å²) in [7, 11) is 1.38. The molecule has 0 saturated carbocycles. The third-order valence-electron chi connectivity index (χ3n) is 5.79. The third kappa shape index (κ3) is 5.07. The van der Waals surface area contributed by atoms with Crippen molar-refractivity contribution in [2.45, 2.75) is 25.8 Å². The van der Waals surface area contributed by atoms with Crippen LogP contribution in [-0.2, 0) is 11.3 Å². The van der Waals surface area contributed by atoms with Crippen LogP contribution in [-0.4, -0.2) is 39.3 Å². The number of para-hydroxylation sites is 1. The lowest BCUT2D eigenvalue weighted by atomic mass is 9.91. The average Bonchev–Trinajstić information content (AvgIpc) is 2.87. The SMILES string of the molecule is COc1cc(C(CC(=O)NCCn2cnc3ccccc3c2=O)c2oc(C)cc(=O)c2O)ccc1O. The summed E-state index contributed by atoms with van der Waals surface area (Å²) in [6, 6.07) is 12.6. The maximum atomic E-state index is 12.9. The van der Waals surface area contributed by atoms with E-state index < -0.39 is 23.0 Å². The topological polar surface area (TPSA) is 144 Å². The highest BCUT2D eigenvalue weighted by atomic mass is 16.5. The molecule has 2 heterocycles. The number of ether oxygens (including phenoxy) is 1. The number of carbonyl (C=O) groups excluding carboxylic acids is 1. The fourth-order valence-electron chi connectivity index (χ4n) is 3.97. The second-order valence-corrected chi connectivity index (χ2v) is 8.23. The molecule has 0 bridgehead atoms. The summed E-state index contributed by atoms with van der Waals surface area (Å²) < 4.78 is 12.2. The Morgan fingerprint density at radius 3 is 2.72 bits per heavy atom. The zero-order valence-electron chi connectivity index (χ0n) is 19.7. The summed E-state index contributed by atoms with van der Waals surface area (Å²) in [5.74, 6) is -1.59. The Balaban J connectivity index is 1.55. The van der Waals surface area contributed by atoms with Crippen LogP contribution in [0.2, 0.25) is 0 Å². The molecule has 1 amide bonds. The molecule has 3 N–H and O–H groups in total. The molecule has 10 heteroatoms. The molecule has 0 saturated heterocycles. The fourth-order valence-corrected chi connectivity index (χ4v) is 3.97. The lowest BCUT2D eigenvalue weighted by molar-refractivity contribution is -0.121. The molecule has 1 atom stereocenters. The number of rotatable bonds is 8. The Morgan fingerprint density at radius 1 is 1.17 bits per heavy atom. The lowest BCUT2D eigenvalue weighted by Crippen LogP contribution is -2.32. The molecule has 186 valence electrons. The van der Waals surface area contributed by atoms with Gasteiger partial charge in [0.1, 0.15) is 5.76 Å². The highest BCUT2D eigenvalue weighted by Gasteiger charge is 2.26. The van der Waals surface area contributed by atoms with Gasteiger partial charge in [0.2, 0.25) is 17.1 Å². The van der Waals surface area contributed by atoms with E-state index in [1.807, 2.05) is 0 Å². The maximum absolute atomic E-state index is 12.9. The van der Waals surface area contributed by atoms with E-state index in [1.54, 1.807) is 37.3 Å². The average molecular weight is 492 g/mol. The van der Waals surface area contributed by atoms with Crippen LogP contribution < -0.4 is 21.0 Å². The van der Waals surface area contributed by atoms with Crippen molar-refractivity contribution in [2.75, 3.05) is 13.7 Å². The number of nitrogens with one attached hydrogen (secondary N) is 1. The lowest BCUT2D eigenvalue weighted by Gasteiger charge is -2.19. The van der Waals surface area contributed by atoms with Crippen molar-refractivity contribution in [3.8, 4) is 17.2 Å². The minimum atomic E-state index is -0.850. The summed E-state index contributed by atoms with van der Waals surface area (Å²) in [4.78, 5) is 42.0. The molecule has 0 aliphatic carbocycles. The summed E-state index contributed by atoms with van der Waals surface area (Å²) in [6.45, 7) is 1.91. The van der Waals surface area contributed by atoms with E-state index in [-0.39, 0.29) is 48.1 Å². The van der Waals surface area contributed by atoms with Crippen molar-refractivity contribution in [1.82, 2.24) is 14.9 Å². The number of aryl methyl sites for hydroxylation is 1. The van der Waals surface area contributed by atoms with Crippen LogP contribution in [0.15, 0.2) is 68.9 Å². The molecule has 0 aliphatic rings. The molecule has 10 nitrogen and oxygen atoms in total. The van der Waals surface area contributed by atoms with Crippen molar-refractivity contribution in [2.24, 2.45) is 0 Å². The number of hydrogen-bond acceptors (Lipinski definition) is 8. The molecule has 1 unspecified atom stereocenters. The molecule has 0 aliphatic heterocycles. The first-order valence-electron chi connectivity index (χ1n) is 11.2. The van der Waals surface area contributed by atoms with E-state index in [9.17, 15) is 24.6 Å². The van der Waals surface area contributed by atoms with Gasteiger partial charge in [0.15, 0.2) is 17.3 Å². The number of nitrogens with zero attached hydrogens (tertiary/aromatic N) is 2. The second kappa shape index (κ2) is 10.3. The van der Waals surface area contributed by atoms with E-state index in [4.69, 9.17) is 9.15 Å². The molecule has 4 aromatic rings. The van der Waals surface area contributed by atoms with Crippen molar-refractivity contribution in [3.05, 3.63) is 92.5 Å².